The lowest BCUT2D eigenvalue weighted by Crippen LogP contribution is -2.95. The molecule has 2 heterocycles. The Hall–Kier alpha value is -3.58. The number of carbonyl (C=O) groups excluding carboxylic acids is 1. The number of carbonyl (C=O) groups is 1. The number of hydrogen-bond acceptors (Lipinski definition) is 3. The minimum absolute atomic E-state index is 0.300. The Morgan fingerprint density at radius 1 is 0.967 bits per heavy atom. The molecular weight excluding hydrogens is 385 g/mol. The van der Waals surface area contributed by atoms with Gasteiger partial charge in [0.1, 0.15) is 11.7 Å². The van der Waals surface area contributed by atoms with Crippen molar-refractivity contribution in [3.05, 3.63) is 111 Å². The Bertz CT molecular complexity index is 1140. The van der Waals surface area contributed by atoms with Crippen LogP contribution < -0.4 is 10.6 Å². The highest BCUT2D eigenvalue weighted by Gasteiger charge is 2.71. The molecule has 0 radical (unpaired) electrons. The highest BCUT2D eigenvalue weighted by atomic mass is 19.1. The third-order valence-corrected chi connectivity index (χ3v) is 6.28. The lowest BCUT2D eigenvalue weighted by molar-refractivity contribution is -0.749. The fourth-order valence-corrected chi connectivity index (χ4v) is 5.09. The Morgan fingerprint density at radius 3 is 2.23 bits per heavy atom. The zero-order chi connectivity index (χ0) is 20.9. The standard InChI is InChI=1S/C23H18FN3O3/c24-16-11-12-18-17(13-16)23(22(28)25-18)19(14-7-3-1-4-8-14)21(27(29)30)20(26-23)15-9-5-2-6-10-15/h1-13,19-21,26H,(H,25,28)/p+1/t19-,20+,21+,23+/m1/s1. The summed E-state index contributed by atoms with van der Waals surface area (Å²) >= 11 is 0. The van der Waals surface area contributed by atoms with Crippen LogP contribution in [0.3, 0.4) is 0 Å². The van der Waals surface area contributed by atoms with Crippen molar-refractivity contribution in [2.75, 3.05) is 5.32 Å². The van der Waals surface area contributed by atoms with Gasteiger partial charge in [0.2, 0.25) is 5.54 Å². The van der Waals surface area contributed by atoms with Crippen LogP contribution in [0.4, 0.5) is 10.1 Å². The molecule has 1 saturated heterocycles. The van der Waals surface area contributed by atoms with Gasteiger partial charge >= 0.3 is 0 Å². The van der Waals surface area contributed by atoms with Crippen molar-refractivity contribution in [2.45, 2.75) is 23.5 Å². The van der Waals surface area contributed by atoms with Gasteiger partial charge in [0, 0.05) is 16.1 Å². The maximum atomic E-state index is 14.2. The van der Waals surface area contributed by atoms with Gasteiger partial charge in [0.05, 0.1) is 5.69 Å². The summed E-state index contributed by atoms with van der Waals surface area (Å²) in [7, 11) is 0. The maximum Gasteiger partial charge on any atom is 0.291 e. The van der Waals surface area contributed by atoms with Crippen molar-refractivity contribution in [1.82, 2.24) is 0 Å². The van der Waals surface area contributed by atoms with Crippen LogP contribution in [-0.4, -0.2) is 16.9 Å². The van der Waals surface area contributed by atoms with E-state index in [0.29, 0.717) is 16.8 Å². The van der Waals surface area contributed by atoms with Crippen LogP contribution >= 0.6 is 0 Å². The van der Waals surface area contributed by atoms with Gasteiger partial charge in [0.15, 0.2) is 6.04 Å². The second-order valence-electron chi connectivity index (χ2n) is 7.78. The van der Waals surface area contributed by atoms with E-state index in [4.69, 9.17) is 0 Å². The average Bonchev–Trinajstić information content (AvgIpc) is 3.26. The predicted octanol–water partition coefficient (Wildman–Crippen LogP) is 2.72. The van der Waals surface area contributed by atoms with Crippen molar-refractivity contribution in [1.29, 1.82) is 0 Å². The molecule has 5 rings (SSSR count). The fourth-order valence-electron chi connectivity index (χ4n) is 5.09. The third kappa shape index (κ3) is 2.55. The van der Waals surface area contributed by atoms with Crippen molar-refractivity contribution >= 4 is 11.6 Å². The Morgan fingerprint density at radius 2 is 1.60 bits per heavy atom. The van der Waals surface area contributed by atoms with E-state index < -0.39 is 29.4 Å². The topological polar surface area (TPSA) is 88.8 Å². The van der Waals surface area contributed by atoms with E-state index >= 15 is 0 Å². The summed E-state index contributed by atoms with van der Waals surface area (Å²) in [5.74, 6) is -1.62. The molecular formula is C23H19FN3O3+. The number of halogens is 1. The molecule has 0 aliphatic carbocycles. The number of amides is 1. The van der Waals surface area contributed by atoms with Gasteiger partial charge in [0.25, 0.3) is 11.9 Å². The quantitative estimate of drug-likeness (QED) is 0.520. The number of fused-ring (bicyclic) bond motifs is 2. The molecule has 0 unspecified atom stereocenters. The van der Waals surface area contributed by atoms with E-state index in [-0.39, 0.29) is 10.8 Å². The zero-order valence-electron chi connectivity index (χ0n) is 15.9. The molecule has 150 valence electrons. The first-order valence-corrected chi connectivity index (χ1v) is 9.73. The van der Waals surface area contributed by atoms with Gasteiger partial charge in [-0.25, -0.2) is 4.39 Å². The molecule has 1 amide bonds. The van der Waals surface area contributed by atoms with Crippen LogP contribution in [-0.2, 0) is 10.3 Å². The molecule has 30 heavy (non-hydrogen) atoms. The van der Waals surface area contributed by atoms with E-state index in [1.54, 1.807) is 29.6 Å². The first kappa shape index (κ1) is 18.4. The largest absolute Gasteiger partial charge is 0.320 e. The average molecular weight is 404 g/mol. The lowest BCUT2D eigenvalue weighted by atomic mass is 9.74. The molecule has 3 aromatic rings. The van der Waals surface area contributed by atoms with Gasteiger partial charge in [-0.3, -0.25) is 14.9 Å². The molecule has 3 aromatic carbocycles. The van der Waals surface area contributed by atoms with Crippen LogP contribution in [0.2, 0.25) is 0 Å². The fraction of sp³-hybridized carbons (Fsp3) is 0.174. The summed E-state index contributed by atoms with van der Waals surface area (Å²) in [6, 6.07) is 20.6. The van der Waals surface area contributed by atoms with Gasteiger partial charge in [-0.15, -0.1) is 0 Å². The second-order valence-corrected chi connectivity index (χ2v) is 7.78. The van der Waals surface area contributed by atoms with E-state index in [1.807, 2.05) is 36.4 Å². The minimum Gasteiger partial charge on any atom is -0.320 e. The minimum atomic E-state index is -1.34. The van der Waals surface area contributed by atoms with E-state index in [9.17, 15) is 19.3 Å². The van der Waals surface area contributed by atoms with Crippen LogP contribution in [0.1, 0.15) is 28.7 Å². The number of benzene rings is 3. The Labute approximate surface area is 171 Å². The molecule has 7 heteroatoms. The van der Waals surface area contributed by atoms with Crippen LogP contribution in [0.25, 0.3) is 0 Å². The van der Waals surface area contributed by atoms with Crippen LogP contribution in [0, 0.1) is 15.9 Å². The molecule has 6 nitrogen and oxygen atoms in total. The molecule has 0 saturated carbocycles. The monoisotopic (exact) mass is 404 g/mol. The molecule has 0 aromatic heterocycles. The smallest absolute Gasteiger partial charge is 0.291 e. The van der Waals surface area contributed by atoms with Crippen LogP contribution in [0.5, 0.6) is 0 Å². The predicted molar refractivity (Wildman–Crippen MR) is 108 cm³/mol. The second kappa shape index (κ2) is 6.74. The molecule has 3 N–H and O–H groups in total. The zero-order valence-corrected chi connectivity index (χ0v) is 15.9. The molecule has 4 atom stereocenters. The Kier molecular flexibility index (Phi) is 4.15. The summed E-state index contributed by atoms with van der Waals surface area (Å²) in [6.07, 6.45) is 0. The summed E-state index contributed by atoms with van der Waals surface area (Å²) in [5.41, 5.74) is 1.05. The van der Waals surface area contributed by atoms with Crippen molar-refractivity contribution in [3.63, 3.8) is 0 Å². The van der Waals surface area contributed by atoms with Gasteiger partial charge < -0.3 is 10.6 Å². The molecule has 2 aliphatic heterocycles. The van der Waals surface area contributed by atoms with Gasteiger partial charge in [-0.1, -0.05) is 60.7 Å². The molecule has 2 aliphatic rings. The summed E-state index contributed by atoms with van der Waals surface area (Å²) < 4.78 is 14.2. The van der Waals surface area contributed by atoms with Crippen LogP contribution in [0.15, 0.2) is 78.9 Å². The highest BCUT2D eigenvalue weighted by Crippen LogP contribution is 2.50. The highest BCUT2D eigenvalue weighted by molar-refractivity contribution is 6.05. The van der Waals surface area contributed by atoms with Crippen molar-refractivity contribution in [3.8, 4) is 0 Å². The number of hydrogen-bond donors (Lipinski definition) is 2. The normalized spacial score (nSPS) is 27.1. The first-order valence-electron chi connectivity index (χ1n) is 9.73. The van der Waals surface area contributed by atoms with E-state index in [2.05, 4.69) is 5.32 Å². The summed E-state index contributed by atoms with van der Waals surface area (Å²) in [4.78, 5) is 25.5. The summed E-state index contributed by atoms with van der Waals surface area (Å²) in [6.45, 7) is 0. The number of anilines is 1. The summed E-state index contributed by atoms with van der Waals surface area (Å²) in [5, 5.41) is 17.0. The number of rotatable bonds is 3. The van der Waals surface area contributed by atoms with Crippen molar-refractivity contribution < 1.29 is 19.4 Å². The Balaban J connectivity index is 1.79. The SMILES string of the molecule is O=C1Nc2ccc(F)cc2[C@@]12[NH2+][C@@H](c1ccccc1)[C@@H]([N+](=O)[O-])[C@H]2c1ccccc1. The number of nitrogens with two attached hydrogens (primary N) is 1. The van der Waals surface area contributed by atoms with Gasteiger partial charge in [-0.05, 0) is 23.8 Å². The molecule has 0 bridgehead atoms. The molecule has 1 fully saturated rings. The third-order valence-electron chi connectivity index (χ3n) is 6.28. The first-order chi connectivity index (χ1) is 14.5. The van der Waals surface area contributed by atoms with E-state index in [1.165, 1.54) is 18.2 Å². The number of nitro groups is 1. The van der Waals surface area contributed by atoms with E-state index in [0.717, 1.165) is 5.56 Å². The lowest BCUT2D eigenvalue weighted by Gasteiger charge is -2.26. The van der Waals surface area contributed by atoms with Gasteiger partial charge in [-0.2, -0.15) is 0 Å². The molecule has 1 spiro atoms. The number of nitrogens with zero attached hydrogens (tertiary/aromatic N) is 1. The maximum absolute atomic E-state index is 14.2. The number of quaternary nitrogens is 1. The van der Waals surface area contributed by atoms with Crippen molar-refractivity contribution in [2.24, 2.45) is 0 Å². The number of nitrogens with one attached hydrogen (secondary N) is 1.